The van der Waals surface area contributed by atoms with E-state index in [4.69, 9.17) is 11.5 Å². The van der Waals surface area contributed by atoms with Crippen LogP contribution in [0.1, 0.15) is 52.8 Å². The maximum absolute atomic E-state index is 5.91. The van der Waals surface area contributed by atoms with Gasteiger partial charge in [-0.05, 0) is 32.4 Å². The first-order valence-electron chi connectivity index (χ1n) is 6.45. The summed E-state index contributed by atoms with van der Waals surface area (Å²) < 4.78 is 2.10. The van der Waals surface area contributed by atoms with E-state index in [0.29, 0.717) is 0 Å². The second kappa shape index (κ2) is 9.82. The standard InChI is InChI=1S/C10H17N3.2C2H6/c1-4-13-6-7(2)10(12)9(13)5-8(3)11;2*1-2/h5-6H,4,11-12H2,1-3H3;2*1-2H3/b8-5-;;. The Balaban J connectivity index is 0. The van der Waals surface area contributed by atoms with Crippen molar-refractivity contribution in [3.8, 4) is 0 Å². The van der Waals surface area contributed by atoms with Crippen LogP contribution in [0.3, 0.4) is 0 Å². The van der Waals surface area contributed by atoms with Crippen molar-refractivity contribution < 1.29 is 0 Å². The number of nitrogens with two attached hydrogens (primary N) is 2. The summed E-state index contributed by atoms with van der Waals surface area (Å²) in [5.74, 6) is 0. The van der Waals surface area contributed by atoms with Crippen LogP contribution in [0.5, 0.6) is 0 Å². The molecule has 17 heavy (non-hydrogen) atoms. The Hall–Kier alpha value is -1.38. The molecule has 3 heteroatoms. The minimum Gasteiger partial charge on any atom is -0.402 e. The first kappa shape index (κ1) is 18.0. The molecule has 1 heterocycles. The highest BCUT2D eigenvalue weighted by molar-refractivity contribution is 5.66. The Morgan fingerprint density at radius 2 is 1.76 bits per heavy atom. The fraction of sp³-hybridized carbons (Fsp3) is 0.571. The molecular formula is C14H29N3. The molecule has 0 saturated carbocycles. The third-order valence-corrected chi connectivity index (χ3v) is 2.06. The van der Waals surface area contributed by atoms with Gasteiger partial charge >= 0.3 is 0 Å². The summed E-state index contributed by atoms with van der Waals surface area (Å²) >= 11 is 0. The summed E-state index contributed by atoms with van der Waals surface area (Å²) in [6.07, 6.45) is 3.95. The Kier molecular flexibility index (Phi) is 10.4. The highest BCUT2D eigenvalue weighted by Gasteiger charge is 2.06. The molecule has 1 aromatic rings. The number of hydrogen-bond acceptors (Lipinski definition) is 2. The topological polar surface area (TPSA) is 57.0 Å². The van der Waals surface area contributed by atoms with Gasteiger partial charge in [-0.1, -0.05) is 27.7 Å². The monoisotopic (exact) mass is 239 g/mol. The second-order valence-corrected chi connectivity index (χ2v) is 3.29. The summed E-state index contributed by atoms with van der Waals surface area (Å²) in [5.41, 5.74) is 15.2. The molecule has 0 aromatic carbocycles. The molecule has 0 spiro atoms. The highest BCUT2D eigenvalue weighted by Crippen LogP contribution is 2.21. The maximum Gasteiger partial charge on any atom is 0.0660 e. The van der Waals surface area contributed by atoms with Gasteiger partial charge in [-0.2, -0.15) is 0 Å². The van der Waals surface area contributed by atoms with Crippen LogP contribution in [0.15, 0.2) is 11.9 Å². The molecule has 0 amide bonds. The third-order valence-electron chi connectivity index (χ3n) is 2.06. The number of aryl methyl sites for hydroxylation is 2. The van der Waals surface area contributed by atoms with Crippen molar-refractivity contribution in [3.05, 3.63) is 23.2 Å². The minimum absolute atomic E-state index is 0.777. The van der Waals surface area contributed by atoms with Crippen molar-refractivity contribution in [2.75, 3.05) is 5.73 Å². The van der Waals surface area contributed by atoms with Gasteiger partial charge < -0.3 is 16.0 Å². The van der Waals surface area contributed by atoms with Gasteiger partial charge in [0.1, 0.15) is 0 Å². The Morgan fingerprint density at radius 3 is 2.12 bits per heavy atom. The third kappa shape index (κ3) is 5.48. The summed E-state index contributed by atoms with van der Waals surface area (Å²) in [6, 6.07) is 0. The van der Waals surface area contributed by atoms with Gasteiger partial charge in [0, 0.05) is 18.4 Å². The van der Waals surface area contributed by atoms with Crippen LogP contribution >= 0.6 is 0 Å². The average molecular weight is 239 g/mol. The van der Waals surface area contributed by atoms with E-state index >= 15 is 0 Å². The number of nitrogens with zero attached hydrogens (tertiary/aromatic N) is 1. The van der Waals surface area contributed by atoms with Gasteiger partial charge in [-0.3, -0.25) is 0 Å². The fourth-order valence-corrected chi connectivity index (χ4v) is 1.37. The van der Waals surface area contributed by atoms with E-state index in [9.17, 15) is 0 Å². The SMILES string of the molecule is CC.CC.CCn1cc(C)c(N)c1/C=C(/C)N. The van der Waals surface area contributed by atoms with Crippen molar-refractivity contribution >= 4 is 11.8 Å². The van der Waals surface area contributed by atoms with Crippen LogP contribution in [-0.2, 0) is 6.54 Å². The van der Waals surface area contributed by atoms with Gasteiger partial charge in [-0.25, -0.2) is 0 Å². The Morgan fingerprint density at radius 1 is 1.29 bits per heavy atom. The van der Waals surface area contributed by atoms with E-state index in [2.05, 4.69) is 11.5 Å². The van der Waals surface area contributed by atoms with Gasteiger partial charge in [-0.15, -0.1) is 0 Å². The van der Waals surface area contributed by atoms with E-state index in [1.165, 1.54) is 0 Å². The lowest BCUT2D eigenvalue weighted by atomic mass is 10.2. The first-order chi connectivity index (χ1) is 8.06. The molecule has 0 radical (unpaired) electrons. The van der Waals surface area contributed by atoms with Crippen molar-refractivity contribution in [1.82, 2.24) is 4.57 Å². The first-order valence-corrected chi connectivity index (χ1v) is 6.45. The van der Waals surface area contributed by atoms with E-state index < -0.39 is 0 Å². The Bertz CT molecular complexity index is 331. The number of rotatable bonds is 2. The normalized spacial score (nSPS) is 9.94. The van der Waals surface area contributed by atoms with Crippen molar-refractivity contribution in [1.29, 1.82) is 0 Å². The molecule has 4 N–H and O–H groups in total. The smallest absolute Gasteiger partial charge is 0.0660 e. The molecule has 0 fully saturated rings. The molecule has 0 aliphatic heterocycles. The van der Waals surface area contributed by atoms with Gasteiger partial charge in [0.25, 0.3) is 0 Å². The van der Waals surface area contributed by atoms with E-state index in [-0.39, 0.29) is 0 Å². The molecular weight excluding hydrogens is 210 g/mol. The average Bonchev–Trinajstić information content (AvgIpc) is 2.61. The van der Waals surface area contributed by atoms with Crippen LogP contribution < -0.4 is 11.5 Å². The molecule has 3 nitrogen and oxygen atoms in total. The number of anilines is 1. The molecule has 0 saturated heterocycles. The number of nitrogen functional groups attached to an aromatic ring is 1. The zero-order chi connectivity index (χ0) is 14.0. The summed E-state index contributed by atoms with van der Waals surface area (Å²) in [5, 5.41) is 0. The predicted molar refractivity (Wildman–Crippen MR) is 79.8 cm³/mol. The van der Waals surface area contributed by atoms with E-state index in [0.717, 1.165) is 29.2 Å². The van der Waals surface area contributed by atoms with Crippen LogP contribution in [0.25, 0.3) is 6.08 Å². The number of allylic oxidation sites excluding steroid dienone is 1. The zero-order valence-electron chi connectivity index (χ0n) is 12.5. The van der Waals surface area contributed by atoms with E-state index in [1.54, 1.807) is 0 Å². The van der Waals surface area contributed by atoms with Crippen molar-refractivity contribution in [2.24, 2.45) is 5.73 Å². The lowest BCUT2D eigenvalue weighted by molar-refractivity contribution is 0.760. The summed E-state index contributed by atoms with van der Waals surface area (Å²) in [4.78, 5) is 0. The Labute approximate surface area is 107 Å². The predicted octanol–water partition coefficient (Wildman–Crippen LogP) is 3.77. The van der Waals surface area contributed by atoms with Crippen molar-refractivity contribution in [3.63, 3.8) is 0 Å². The summed E-state index contributed by atoms with van der Waals surface area (Å²) in [6.45, 7) is 14.9. The van der Waals surface area contributed by atoms with Gasteiger partial charge in [0.05, 0.1) is 11.4 Å². The molecule has 0 aliphatic rings. The van der Waals surface area contributed by atoms with E-state index in [1.807, 2.05) is 53.8 Å². The number of hydrogen-bond donors (Lipinski definition) is 2. The molecule has 0 atom stereocenters. The summed E-state index contributed by atoms with van der Waals surface area (Å²) in [7, 11) is 0. The lowest BCUT2D eigenvalue weighted by Crippen LogP contribution is -1.99. The minimum atomic E-state index is 0.777. The zero-order valence-corrected chi connectivity index (χ0v) is 12.5. The maximum atomic E-state index is 5.91. The van der Waals surface area contributed by atoms with Crippen LogP contribution in [-0.4, -0.2) is 4.57 Å². The second-order valence-electron chi connectivity index (χ2n) is 3.29. The van der Waals surface area contributed by atoms with Crippen molar-refractivity contribution in [2.45, 2.75) is 55.0 Å². The molecule has 0 bridgehead atoms. The van der Waals surface area contributed by atoms with Gasteiger partial charge in [0.2, 0.25) is 0 Å². The molecule has 0 unspecified atom stereocenters. The van der Waals surface area contributed by atoms with Crippen LogP contribution in [0.4, 0.5) is 5.69 Å². The highest BCUT2D eigenvalue weighted by atomic mass is 15.0. The number of aromatic nitrogens is 1. The molecule has 1 rings (SSSR count). The lowest BCUT2D eigenvalue weighted by Gasteiger charge is -2.03. The largest absolute Gasteiger partial charge is 0.402 e. The molecule has 100 valence electrons. The van der Waals surface area contributed by atoms with Crippen LogP contribution in [0, 0.1) is 6.92 Å². The van der Waals surface area contributed by atoms with Gasteiger partial charge in [0.15, 0.2) is 0 Å². The molecule has 0 aliphatic carbocycles. The quantitative estimate of drug-likeness (QED) is 0.825. The molecule has 1 aromatic heterocycles. The fourth-order valence-electron chi connectivity index (χ4n) is 1.37. The van der Waals surface area contributed by atoms with Crippen LogP contribution in [0.2, 0.25) is 0 Å².